The molecule has 1 fully saturated rings. The summed E-state index contributed by atoms with van der Waals surface area (Å²) < 4.78 is 2.41. The molecule has 0 aromatic heterocycles. The number of nitrogens with zero attached hydrogens (tertiary/aromatic N) is 1. The molecule has 0 saturated carbocycles. The maximum Gasteiger partial charge on any atom is 0.00949 e. The molecule has 1 rings (SSSR count). The highest BCUT2D eigenvalue weighted by Crippen LogP contribution is 2.31. The summed E-state index contributed by atoms with van der Waals surface area (Å²) in [5.41, 5.74) is 6.12. The molecule has 0 amide bonds. The topological polar surface area (TPSA) is 29.3 Å². The van der Waals surface area contributed by atoms with Crippen molar-refractivity contribution in [3.63, 3.8) is 0 Å². The lowest BCUT2D eigenvalue weighted by Gasteiger charge is -2.37. The third kappa shape index (κ3) is 2.36. The normalized spacial score (nSPS) is 25.4. The molecule has 1 aliphatic heterocycles. The lowest BCUT2D eigenvalue weighted by atomic mass is 9.81. The van der Waals surface area contributed by atoms with Gasteiger partial charge in [-0.2, -0.15) is 0 Å². The predicted molar refractivity (Wildman–Crippen MR) is 51.5 cm³/mol. The number of nitrogens with two attached hydrogens (primary N) is 1. The summed E-state index contributed by atoms with van der Waals surface area (Å²) in [4.78, 5) is 0. The van der Waals surface area contributed by atoms with Crippen molar-refractivity contribution in [2.75, 3.05) is 25.9 Å². The molecule has 1 heterocycles. The van der Waals surface area contributed by atoms with Crippen LogP contribution >= 0.6 is 11.9 Å². The van der Waals surface area contributed by atoms with Crippen LogP contribution in [-0.4, -0.2) is 30.2 Å². The van der Waals surface area contributed by atoms with Gasteiger partial charge in [0.15, 0.2) is 0 Å². The van der Waals surface area contributed by atoms with Gasteiger partial charge in [-0.15, -0.1) is 0 Å². The minimum absolute atomic E-state index is 0.423. The minimum atomic E-state index is 0.423. The van der Waals surface area contributed by atoms with E-state index in [9.17, 15) is 0 Å². The summed E-state index contributed by atoms with van der Waals surface area (Å²) in [5, 5.41) is 0. The predicted octanol–water partition coefficient (Wildman–Crippen LogP) is 1.33. The number of piperidine rings is 1. The van der Waals surface area contributed by atoms with Crippen LogP contribution in [0.2, 0.25) is 0 Å². The standard InChI is InChI=1S/C8H18N2S/c1-8(7-9)3-5-10(11-2)6-4-8/h3-7,9H2,1-2H3. The molecule has 0 unspecified atom stereocenters. The highest BCUT2D eigenvalue weighted by Gasteiger charge is 2.27. The molecule has 0 atom stereocenters. The van der Waals surface area contributed by atoms with Gasteiger partial charge < -0.3 is 5.73 Å². The first-order valence-electron chi connectivity index (χ1n) is 4.19. The van der Waals surface area contributed by atoms with E-state index in [4.69, 9.17) is 5.73 Å². The molecular formula is C8H18N2S. The van der Waals surface area contributed by atoms with Crippen molar-refractivity contribution in [3.8, 4) is 0 Å². The van der Waals surface area contributed by atoms with Crippen molar-refractivity contribution in [2.24, 2.45) is 11.1 Å². The van der Waals surface area contributed by atoms with Crippen molar-refractivity contribution >= 4 is 11.9 Å². The molecule has 66 valence electrons. The molecule has 0 aromatic carbocycles. The van der Waals surface area contributed by atoms with Crippen LogP contribution in [0.4, 0.5) is 0 Å². The van der Waals surface area contributed by atoms with E-state index in [0.717, 1.165) is 6.54 Å². The fourth-order valence-electron chi connectivity index (χ4n) is 1.41. The zero-order valence-electron chi connectivity index (χ0n) is 7.47. The molecule has 0 bridgehead atoms. The van der Waals surface area contributed by atoms with Crippen LogP contribution in [-0.2, 0) is 0 Å². The summed E-state index contributed by atoms with van der Waals surface area (Å²) in [6.07, 6.45) is 4.65. The molecule has 1 saturated heterocycles. The van der Waals surface area contributed by atoms with Gasteiger partial charge >= 0.3 is 0 Å². The van der Waals surface area contributed by atoms with Crippen LogP contribution in [0, 0.1) is 5.41 Å². The number of hydrogen-bond donors (Lipinski definition) is 1. The highest BCUT2D eigenvalue weighted by molar-refractivity contribution is 7.96. The first kappa shape index (κ1) is 9.36. The minimum Gasteiger partial charge on any atom is -0.330 e. The van der Waals surface area contributed by atoms with Gasteiger partial charge in [0.2, 0.25) is 0 Å². The van der Waals surface area contributed by atoms with Gasteiger partial charge in [-0.05, 0) is 31.1 Å². The number of rotatable bonds is 2. The van der Waals surface area contributed by atoms with Crippen LogP contribution in [0.1, 0.15) is 19.8 Å². The van der Waals surface area contributed by atoms with Gasteiger partial charge in [-0.3, -0.25) is 4.31 Å². The van der Waals surface area contributed by atoms with E-state index in [2.05, 4.69) is 17.5 Å². The lowest BCUT2D eigenvalue weighted by molar-refractivity contribution is 0.191. The summed E-state index contributed by atoms with van der Waals surface area (Å²) in [7, 11) is 0. The quantitative estimate of drug-likeness (QED) is 0.640. The third-order valence-electron chi connectivity index (χ3n) is 2.68. The molecular weight excluding hydrogens is 156 g/mol. The van der Waals surface area contributed by atoms with E-state index >= 15 is 0 Å². The van der Waals surface area contributed by atoms with Gasteiger partial charge in [0.25, 0.3) is 0 Å². The van der Waals surface area contributed by atoms with Gasteiger partial charge in [0.1, 0.15) is 0 Å². The highest BCUT2D eigenvalue weighted by atomic mass is 32.2. The maximum absolute atomic E-state index is 5.70. The molecule has 3 heteroatoms. The van der Waals surface area contributed by atoms with Crippen molar-refractivity contribution < 1.29 is 0 Å². The van der Waals surface area contributed by atoms with Crippen molar-refractivity contribution in [1.29, 1.82) is 0 Å². The Morgan fingerprint density at radius 1 is 1.45 bits per heavy atom. The van der Waals surface area contributed by atoms with Gasteiger partial charge in [-0.25, -0.2) is 0 Å². The average molecular weight is 174 g/mol. The van der Waals surface area contributed by atoms with Crippen molar-refractivity contribution in [2.45, 2.75) is 19.8 Å². The average Bonchev–Trinajstić information content (AvgIpc) is 2.06. The second kappa shape index (κ2) is 3.78. The van der Waals surface area contributed by atoms with E-state index in [1.165, 1.54) is 25.9 Å². The van der Waals surface area contributed by atoms with Crippen LogP contribution in [0.5, 0.6) is 0 Å². The molecule has 1 aliphatic rings. The van der Waals surface area contributed by atoms with Crippen LogP contribution < -0.4 is 5.73 Å². The summed E-state index contributed by atoms with van der Waals surface area (Å²) in [6.45, 7) is 5.55. The van der Waals surface area contributed by atoms with Crippen LogP contribution in [0.3, 0.4) is 0 Å². The van der Waals surface area contributed by atoms with Crippen molar-refractivity contribution in [1.82, 2.24) is 4.31 Å². The van der Waals surface area contributed by atoms with Gasteiger partial charge in [0, 0.05) is 13.1 Å². The van der Waals surface area contributed by atoms with E-state index < -0.39 is 0 Å². The second-order valence-corrected chi connectivity index (χ2v) is 4.51. The summed E-state index contributed by atoms with van der Waals surface area (Å²) in [5.74, 6) is 0. The van der Waals surface area contributed by atoms with Crippen LogP contribution in [0.25, 0.3) is 0 Å². The molecule has 2 nitrogen and oxygen atoms in total. The first-order valence-corrected chi connectivity index (χ1v) is 5.37. The monoisotopic (exact) mass is 174 g/mol. The third-order valence-corrected chi connectivity index (χ3v) is 3.56. The number of hydrogen-bond acceptors (Lipinski definition) is 3. The first-order chi connectivity index (χ1) is 5.20. The Kier molecular flexibility index (Phi) is 3.22. The fraction of sp³-hybridized carbons (Fsp3) is 1.00. The molecule has 0 aromatic rings. The largest absolute Gasteiger partial charge is 0.330 e. The van der Waals surface area contributed by atoms with Gasteiger partial charge in [-0.1, -0.05) is 18.9 Å². The molecule has 0 spiro atoms. The summed E-state index contributed by atoms with van der Waals surface area (Å²) in [6, 6.07) is 0. The Morgan fingerprint density at radius 3 is 2.36 bits per heavy atom. The SMILES string of the molecule is CSN1CCC(C)(CN)CC1. The smallest absolute Gasteiger partial charge is 0.00949 e. The second-order valence-electron chi connectivity index (χ2n) is 3.63. The Hall–Kier alpha value is 0.270. The van der Waals surface area contributed by atoms with Crippen LogP contribution in [0.15, 0.2) is 0 Å². The lowest BCUT2D eigenvalue weighted by Crippen LogP contribution is -2.39. The maximum atomic E-state index is 5.70. The van der Waals surface area contributed by atoms with E-state index in [1.807, 2.05) is 11.9 Å². The van der Waals surface area contributed by atoms with E-state index in [0.29, 0.717) is 5.41 Å². The Bertz CT molecular complexity index is 119. The molecule has 0 aliphatic carbocycles. The zero-order chi connectivity index (χ0) is 8.32. The zero-order valence-corrected chi connectivity index (χ0v) is 8.28. The van der Waals surface area contributed by atoms with E-state index in [1.54, 1.807) is 0 Å². The fourth-order valence-corrected chi connectivity index (χ4v) is 1.96. The summed E-state index contributed by atoms with van der Waals surface area (Å²) >= 11 is 1.85. The Labute approximate surface area is 73.6 Å². The Morgan fingerprint density at radius 2 is 2.00 bits per heavy atom. The Balaban J connectivity index is 2.35. The van der Waals surface area contributed by atoms with Crippen molar-refractivity contribution in [3.05, 3.63) is 0 Å². The molecule has 2 N–H and O–H groups in total. The van der Waals surface area contributed by atoms with Gasteiger partial charge in [0.05, 0.1) is 0 Å². The molecule has 0 radical (unpaired) electrons. The van der Waals surface area contributed by atoms with E-state index in [-0.39, 0.29) is 0 Å². The molecule has 11 heavy (non-hydrogen) atoms.